The third-order valence-corrected chi connectivity index (χ3v) is 5.88. The molecule has 0 aliphatic carbocycles. The van der Waals surface area contributed by atoms with Crippen molar-refractivity contribution >= 4 is 40.2 Å². The number of carbonyl (C=O) groups is 3. The second-order valence-electron chi connectivity index (χ2n) is 7.43. The summed E-state index contributed by atoms with van der Waals surface area (Å²) in [4.78, 5) is 40.3. The molecule has 1 N–H and O–H groups in total. The molecule has 2 amide bonds. The second kappa shape index (κ2) is 10.9. The van der Waals surface area contributed by atoms with E-state index in [0.29, 0.717) is 28.5 Å². The maximum absolute atomic E-state index is 12.9. The highest BCUT2D eigenvalue weighted by Crippen LogP contribution is 2.35. The van der Waals surface area contributed by atoms with E-state index in [1.807, 2.05) is 45.0 Å². The molecule has 1 aromatic carbocycles. The van der Waals surface area contributed by atoms with Crippen LogP contribution < -0.4 is 5.32 Å². The van der Waals surface area contributed by atoms with Gasteiger partial charge in [0.1, 0.15) is 5.00 Å². The Balaban J connectivity index is 2.36. The largest absolute Gasteiger partial charge is 0.459 e. The van der Waals surface area contributed by atoms with Crippen molar-refractivity contribution in [2.24, 2.45) is 0 Å². The van der Waals surface area contributed by atoms with Crippen molar-refractivity contribution < 1.29 is 19.1 Å². The molecule has 0 fully saturated rings. The van der Waals surface area contributed by atoms with Crippen LogP contribution in [0.5, 0.6) is 0 Å². The lowest BCUT2D eigenvalue weighted by Crippen LogP contribution is -2.30. The summed E-state index contributed by atoms with van der Waals surface area (Å²) in [5.74, 6) is -1.11. The molecular weight excluding hydrogens is 412 g/mol. The molecule has 1 aromatic heterocycles. The fourth-order valence-corrected chi connectivity index (χ4v) is 4.15. The Bertz CT molecular complexity index is 970. The molecule has 0 radical (unpaired) electrons. The Morgan fingerprint density at radius 2 is 1.71 bits per heavy atom. The summed E-state index contributed by atoms with van der Waals surface area (Å²) in [5.41, 5.74) is 2.77. The maximum Gasteiger partial charge on any atom is 0.341 e. The molecule has 0 saturated heterocycles. The van der Waals surface area contributed by atoms with Crippen molar-refractivity contribution in [1.29, 1.82) is 0 Å². The minimum absolute atomic E-state index is 0.165. The highest BCUT2D eigenvalue weighted by molar-refractivity contribution is 7.18. The van der Waals surface area contributed by atoms with E-state index < -0.39 is 5.97 Å². The SMILES string of the molecule is CCN(CC)C(=O)c1sc(NC(=O)C=Cc2ccc(C)cc2)c(C(=O)OC(C)C)c1C. The molecule has 0 aliphatic heterocycles. The van der Waals surface area contributed by atoms with E-state index in [1.54, 1.807) is 31.7 Å². The Morgan fingerprint density at radius 3 is 2.26 bits per heavy atom. The Labute approximate surface area is 187 Å². The predicted octanol–water partition coefficient (Wildman–Crippen LogP) is 5.06. The highest BCUT2D eigenvalue weighted by atomic mass is 32.1. The van der Waals surface area contributed by atoms with Crippen LogP contribution in [0.3, 0.4) is 0 Å². The molecule has 6 nitrogen and oxygen atoms in total. The van der Waals surface area contributed by atoms with E-state index in [9.17, 15) is 14.4 Å². The fourth-order valence-electron chi connectivity index (χ4n) is 2.98. The lowest BCUT2D eigenvalue weighted by atomic mass is 10.1. The van der Waals surface area contributed by atoms with Crippen molar-refractivity contribution in [2.75, 3.05) is 18.4 Å². The maximum atomic E-state index is 12.9. The van der Waals surface area contributed by atoms with E-state index in [2.05, 4.69) is 5.32 Å². The van der Waals surface area contributed by atoms with Crippen LogP contribution in [-0.2, 0) is 9.53 Å². The van der Waals surface area contributed by atoms with Crippen molar-refractivity contribution in [3.05, 3.63) is 57.5 Å². The number of anilines is 1. The number of esters is 1. The zero-order chi connectivity index (χ0) is 23.1. The third-order valence-electron chi connectivity index (χ3n) is 4.68. The Kier molecular flexibility index (Phi) is 8.56. The highest BCUT2D eigenvalue weighted by Gasteiger charge is 2.28. The minimum Gasteiger partial charge on any atom is -0.459 e. The zero-order valence-electron chi connectivity index (χ0n) is 18.9. The molecule has 0 spiro atoms. The first kappa shape index (κ1) is 24.3. The molecular formula is C24H30N2O4S. The first-order valence-electron chi connectivity index (χ1n) is 10.4. The summed E-state index contributed by atoms with van der Waals surface area (Å²) >= 11 is 1.10. The van der Waals surface area contributed by atoms with Gasteiger partial charge in [-0.15, -0.1) is 11.3 Å². The van der Waals surface area contributed by atoms with Gasteiger partial charge in [-0.1, -0.05) is 29.8 Å². The first-order valence-corrected chi connectivity index (χ1v) is 11.2. The minimum atomic E-state index is -0.555. The van der Waals surface area contributed by atoms with E-state index in [1.165, 1.54) is 6.08 Å². The van der Waals surface area contributed by atoms with Gasteiger partial charge in [0.25, 0.3) is 5.91 Å². The molecule has 0 atom stereocenters. The van der Waals surface area contributed by atoms with Gasteiger partial charge in [0.05, 0.1) is 16.5 Å². The van der Waals surface area contributed by atoms with Crippen LogP contribution in [0.4, 0.5) is 5.00 Å². The number of rotatable bonds is 8. The van der Waals surface area contributed by atoms with Crippen LogP contribution in [0.2, 0.25) is 0 Å². The van der Waals surface area contributed by atoms with Crippen LogP contribution in [-0.4, -0.2) is 41.9 Å². The third kappa shape index (κ3) is 6.28. The second-order valence-corrected chi connectivity index (χ2v) is 8.45. The summed E-state index contributed by atoms with van der Waals surface area (Å²) in [5, 5.41) is 3.08. The van der Waals surface area contributed by atoms with Gasteiger partial charge in [0, 0.05) is 19.2 Å². The van der Waals surface area contributed by atoms with Gasteiger partial charge in [-0.25, -0.2) is 4.79 Å². The van der Waals surface area contributed by atoms with Crippen molar-refractivity contribution in [3.63, 3.8) is 0 Å². The molecule has 31 heavy (non-hydrogen) atoms. The van der Waals surface area contributed by atoms with Gasteiger partial charge in [0.2, 0.25) is 5.91 Å². The molecule has 166 valence electrons. The summed E-state index contributed by atoms with van der Waals surface area (Å²) in [6.45, 7) is 12.1. The summed E-state index contributed by atoms with van der Waals surface area (Å²) in [6.07, 6.45) is 2.78. The topological polar surface area (TPSA) is 75.7 Å². The first-order chi connectivity index (χ1) is 14.7. The van der Waals surface area contributed by atoms with Gasteiger partial charge in [-0.2, -0.15) is 0 Å². The summed E-state index contributed by atoms with van der Waals surface area (Å²) < 4.78 is 5.36. The molecule has 7 heteroatoms. The number of amides is 2. The number of benzene rings is 1. The Hall–Kier alpha value is -2.93. The fraction of sp³-hybridized carbons (Fsp3) is 0.375. The number of ether oxygens (including phenoxy) is 1. The van der Waals surface area contributed by atoms with E-state index >= 15 is 0 Å². The summed E-state index contributed by atoms with van der Waals surface area (Å²) in [7, 11) is 0. The van der Waals surface area contributed by atoms with Gasteiger partial charge < -0.3 is 15.0 Å². The standard InChI is InChI=1S/C24H30N2O4S/c1-7-26(8-2)23(28)21-17(6)20(24(29)30-15(3)4)22(31-21)25-19(27)14-13-18-11-9-16(5)10-12-18/h9-15H,7-8H2,1-6H3,(H,25,27). The quantitative estimate of drug-likeness (QED) is 0.458. The number of nitrogens with one attached hydrogen (secondary N) is 1. The molecule has 0 aliphatic rings. The van der Waals surface area contributed by atoms with Crippen LogP contribution in [0.15, 0.2) is 30.3 Å². The number of carbonyl (C=O) groups excluding carboxylic acids is 3. The van der Waals surface area contributed by atoms with Gasteiger partial charge in [-0.3, -0.25) is 9.59 Å². The lowest BCUT2D eigenvalue weighted by molar-refractivity contribution is -0.111. The zero-order valence-corrected chi connectivity index (χ0v) is 19.8. The molecule has 0 bridgehead atoms. The normalized spacial score (nSPS) is 11.1. The lowest BCUT2D eigenvalue weighted by Gasteiger charge is -2.18. The molecule has 2 aromatic rings. The van der Waals surface area contributed by atoms with Crippen LogP contribution in [0.25, 0.3) is 6.08 Å². The summed E-state index contributed by atoms with van der Waals surface area (Å²) in [6, 6.07) is 7.76. The van der Waals surface area contributed by atoms with Crippen LogP contribution in [0, 0.1) is 13.8 Å². The molecule has 0 saturated carbocycles. The average Bonchev–Trinajstić information content (AvgIpc) is 3.03. The number of hydrogen-bond acceptors (Lipinski definition) is 5. The Morgan fingerprint density at radius 1 is 1.10 bits per heavy atom. The van der Waals surface area contributed by atoms with Crippen LogP contribution >= 0.6 is 11.3 Å². The van der Waals surface area contributed by atoms with E-state index in [4.69, 9.17) is 4.74 Å². The van der Waals surface area contributed by atoms with Gasteiger partial charge >= 0.3 is 5.97 Å². The van der Waals surface area contributed by atoms with E-state index in [-0.39, 0.29) is 23.5 Å². The molecule has 1 heterocycles. The van der Waals surface area contributed by atoms with Crippen molar-refractivity contribution in [3.8, 4) is 0 Å². The van der Waals surface area contributed by atoms with Gasteiger partial charge in [-0.05, 0) is 58.7 Å². The molecule has 2 rings (SSSR count). The predicted molar refractivity (Wildman–Crippen MR) is 126 cm³/mol. The smallest absolute Gasteiger partial charge is 0.341 e. The number of aryl methyl sites for hydroxylation is 1. The van der Waals surface area contributed by atoms with E-state index in [0.717, 1.165) is 22.5 Å². The van der Waals surface area contributed by atoms with Gasteiger partial charge in [0.15, 0.2) is 0 Å². The van der Waals surface area contributed by atoms with Crippen molar-refractivity contribution in [1.82, 2.24) is 4.90 Å². The number of nitrogens with zero attached hydrogens (tertiary/aromatic N) is 1. The number of hydrogen-bond donors (Lipinski definition) is 1. The monoisotopic (exact) mass is 442 g/mol. The molecule has 0 unspecified atom stereocenters. The number of thiophene rings is 1. The van der Waals surface area contributed by atoms with Crippen molar-refractivity contribution in [2.45, 2.75) is 47.6 Å². The average molecular weight is 443 g/mol. The van der Waals surface area contributed by atoms with Crippen LogP contribution in [0.1, 0.15) is 64.4 Å².